The number of hydrogen-bond donors (Lipinski definition) is 0. The van der Waals surface area contributed by atoms with Crippen LogP contribution in [0.1, 0.15) is 50.3 Å². The summed E-state index contributed by atoms with van der Waals surface area (Å²) in [6.07, 6.45) is -0.492. The molecular formula is C29H28ClF3N4O4S. The Morgan fingerprint density at radius 1 is 1.17 bits per heavy atom. The van der Waals surface area contributed by atoms with Gasteiger partial charge in [-0.15, -0.1) is 0 Å². The zero-order chi connectivity index (χ0) is 30.4. The third-order valence-electron chi connectivity index (χ3n) is 6.93. The molecule has 8 nitrogen and oxygen atoms in total. The van der Waals surface area contributed by atoms with Gasteiger partial charge in [-0.2, -0.15) is 18.3 Å². The van der Waals surface area contributed by atoms with Crippen LogP contribution in [-0.2, 0) is 22.3 Å². The number of amides is 3. The Morgan fingerprint density at radius 2 is 1.93 bits per heavy atom. The molecule has 0 radical (unpaired) electrons. The second-order valence-electron chi connectivity index (χ2n) is 11.2. The molecule has 1 aromatic heterocycles. The molecule has 2 fully saturated rings. The molecule has 42 heavy (non-hydrogen) atoms. The first-order valence-corrected chi connectivity index (χ1v) is 14.5. The number of imide groups is 1. The molecule has 0 N–H and O–H groups in total. The van der Waals surface area contributed by atoms with Crippen molar-refractivity contribution in [1.29, 1.82) is 0 Å². The van der Waals surface area contributed by atoms with Gasteiger partial charge in [0.25, 0.3) is 11.1 Å². The van der Waals surface area contributed by atoms with E-state index in [9.17, 15) is 27.6 Å². The van der Waals surface area contributed by atoms with Crippen molar-refractivity contribution in [2.24, 2.45) is 0 Å². The molecule has 2 saturated heterocycles. The molecule has 13 heteroatoms. The number of hydrogen-bond acceptors (Lipinski definition) is 6. The van der Waals surface area contributed by atoms with Gasteiger partial charge in [-0.25, -0.2) is 4.79 Å². The van der Waals surface area contributed by atoms with Gasteiger partial charge in [0.1, 0.15) is 5.60 Å². The average molecular weight is 621 g/mol. The Morgan fingerprint density at radius 3 is 2.64 bits per heavy atom. The quantitative estimate of drug-likeness (QED) is 0.281. The van der Waals surface area contributed by atoms with Gasteiger partial charge in [0.15, 0.2) is 0 Å². The second-order valence-corrected chi connectivity index (χ2v) is 12.6. The molecule has 5 rings (SSSR count). The van der Waals surface area contributed by atoms with E-state index in [0.29, 0.717) is 29.4 Å². The van der Waals surface area contributed by atoms with Crippen molar-refractivity contribution < 1.29 is 32.3 Å². The van der Waals surface area contributed by atoms with Crippen LogP contribution in [0.5, 0.6) is 0 Å². The summed E-state index contributed by atoms with van der Waals surface area (Å²) in [6, 6.07) is 8.48. The molecule has 0 spiro atoms. The van der Waals surface area contributed by atoms with Gasteiger partial charge in [0, 0.05) is 17.0 Å². The lowest BCUT2D eigenvalue weighted by molar-refractivity contribution is -0.138. The molecule has 0 aliphatic carbocycles. The second kappa shape index (κ2) is 11.3. The molecule has 1 atom stereocenters. The fraction of sp³-hybridized carbons (Fsp3) is 0.379. The molecule has 0 bridgehead atoms. The van der Waals surface area contributed by atoms with Crippen LogP contribution in [0, 0.1) is 0 Å². The fourth-order valence-electron chi connectivity index (χ4n) is 5.04. The number of aromatic nitrogens is 2. The van der Waals surface area contributed by atoms with Crippen molar-refractivity contribution in [3.8, 4) is 0 Å². The maximum absolute atomic E-state index is 13.6. The third kappa shape index (κ3) is 6.44. The Kier molecular flexibility index (Phi) is 8.06. The van der Waals surface area contributed by atoms with E-state index in [1.807, 2.05) is 0 Å². The van der Waals surface area contributed by atoms with Crippen molar-refractivity contribution in [3.05, 3.63) is 69.2 Å². The normalized spacial score (nSPS) is 19.0. The largest absolute Gasteiger partial charge is 0.444 e. The van der Waals surface area contributed by atoms with Crippen molar-refractivity contribution in [3.63, 3.8) is 0 Å². The summed E-state index contributed by atoms with van der Waals surface area (Å²) >= 11 is 6.62. The van der Waals surface area contributed by atoms with Crippen LogP contribution in [0.3, 0.4) is 0 Å². The standard InChI is InChI=1S/C29H28ClF3N4O4S/c1-28(2,3)41-26(39)35-10-4-5-21(35)16-36-25(38)24(42-27(36)40)12-17-6-9-23-19(11-17)14-34-37(23)15-18-7-8-20(30)13-22(18)29(31,32)33/h6-9,11-14,21H,4-5,10,15-16H2,1-3H3/t21-/m0/s1. The zero-order valence-corrected chi connectivity index (χ0v) is 24.6. The van der Waals surface area contributed by atoms with Crippen LogP contribution in [0.2, 0.25) is 5.02 Å². The van der Waals surface area contributed by atoms with Crippen LogP contribution in [0.25, 0.3) is 17.0 Å². The first-order valence-electron chi connectivity index (χ1n) is 13.3. The molecule has 3 amide bonds. The number of fused-ring (bicyclic) bond motifs is 1. The lowest BCUT2D eigenvalue weighted by Crippen LogP contribution is -2.46. The summed E-state index contributed by atoms with van der Waals surface area (Å²) in [4.78, 5) is 41.6. The number of likely N-dealkylation sites (tertiary alicyclic amines) is 1. The first kappa shape index (κ1) is 30.0. The average Bonchev–Trinajstić information content (AvgIpc) is 3.58. The van der Waals surface area contributed by atoms with E-state index in [2.05, 4.69) is 5.10 Å². The molecule has 2 aromatic carbocycles. The van der Waals surface area contributed by atoms with E-state index in [4.69, 9.17) is 16.3 Å². The van der Waals surface area contributed by atoms with E-state index in [0.717, 1.165) is 29.1 Å². The van der Waals surface area contributed by atoms with Crippen LogP contribution in [-0.4, -0.2) is 61.6 Å². The van der Waals surface area contributed by atoms with Crippen LogP contribution in [0.4, 0.5) is 22.8 Å². The maximum Gasteiger partial charge on any atom is 0.416 e. The minimum Gasteiger partial charge on any atom is -0.444 e. The highest BCUT2D eigenvalue weighted by Gasteiger charge is 2.40. The smallest absolute Gasteiger partial charge is 0.416 e. The van der Waals surface area contributed by atoms with Crippen molar-refractivity contribution >= 4 is 57.6 Å². The lowest BCUT2D eigenvalue weighted by atomic mass is 10.1. The SMILES string of the molecule is CC(C)(C)OC(=O)N1CCC[C@H]1CN1C(=O)SC(=Cc2ccc3c(cnn3Cc3ccc(Cl)cc3C(F)(F)F)c2)C1=O. The van der Waals surface area contributed by atoms with E-state index >= 15 is 0 Å². The predicted octanol–water partition coefficient (Wildman–Crippen LogP) is 7.19. The van der Waals surface area contributed by atoms with E-state index in [1.165, 1.54) is 23.0 Å². The van der Waals surface area contributed by atoms with Gasteiger partial charge in [-0.05, 0) is 86.8 Å². The Bertz CT molecular complexity index is 1600. The molecule has 3 heterocycles. The van der Waals surface area contributed by atoms with Crippen molar-refractivity contribution in [2.75, 3.05) is 13.1 Å². The Hall–Kier alpha value is -3.51. The summed E-state index contributed by atoms with van der Waals surface area (Å²) in [7, 11) is 0. The summed E-state index contributed by atoms with van der Waals surface area (Å²) < 4.78 is 47.6. The van der Waals surface area contributed by atoms with Gasteiger partial charge < -0.3 is 9.64 Å². The minimum absolute atomic E-state index is 0.00550. The Balaban J connectivity index is 1.31. The van der Waals surface area contributed by atoms with E-state index in [-0.39, 0.29) is 34.6 Å². The zero-order valence-electron chi connectivity index (χ0n) is 23.1. The van der Waals surface area contributed by atoms with Crippen molar-refractivity contribution in [2.45, 2.75) is 58.0 Å². The van der Waals surface area contributed by atoms with Gasteiger partial charge in [0.05, 0.1) is 41.3 Å². The molecule has 2 aliphatic rings. The number of rotatable bonds is 5. The number of benzene rings is 2. The van der Waals surface area contributed by atoms with Gasteiger partial charge in [0.2, 0.25) is 0 Å². The Labute approximate surface area is 249 Å². The summed E-state index contributed by atoms with van der Waals surface area (Å²) in [6.45, 7) is 5.80. The number of ether oxygens (including phenoxy) is 1. The number of carbonyl (C=O) groups excluding carboxylic acids is 3. The topological polar surface area (TPSA) is 84.7 Å². The van der Waals surface area contributed by atoms with Gasteiger partial charge in [-0.1, -0.05) is 23.7 Å². The predicted molar refractivity (Wildman–Crippen MR) is 154 cm³/mol. The minimum atomic E-state index is -4.56. The summed E-state index contributed by atoms with van der Waals surface area (Å²) in [5, 5.41) is 4.50. The highest BCUT2D eigenvalue weighted by Crippen LogP contribution is 2.36. The van der Waals surface area contributed by atoms with Crippen LogP contribution >= 0.6 is 23.4 Å². The molecule has 0 saturated carbocycles. The van der Waals surface area contributed by atoms with E-state index < -0.39 is 34.6 Å². The monoisotopic (exact) mass is 620 g/mol. The molecule has 2 aliphatic heterocycles. The fourth-order valence-corrected chi connectivity index (χ4v) is 6.06. The molecular weight excluding hydrogens is 593 g/mol. The van der Waals surface area contributed by atoms with Gasteiger partial charge in [-0.3, -0.25) is 19.2 Å². The highest BCUT2D eigenvalue weighted by atomic mass is 35.5. The number of carbonyl (C=O) groups is 3. The molecule has 222 valence electrons. The summed E-state index contributed by atoms with van der Waals surface area (Å²) in [5.41, 5.74) is -0.215. The van der Waals surface area contributed by atoms with Crippen molar-refractivity contribution in [1.82, 2.24) is 19.6 Å². The number of alkyl halides is 3. The van der Waals surface area contributed by atoms with Crippen LogP contribution in [0.15, 0.2) is 47.5 Å². The third-order valence-corrected chi connectivity index (χ3v) is 8.08. The highest BCUT2D eigenvalue weighted by molar-refractivity contribution is 8.18. The lowest BCUT2D eigenvalue weighted by Gasteiger charge is -2.30. The number of thioether (sulfide) groups is 1. The maximum atomic E-state index is 13.6. The van der Waals surface area contributed by atoms with Crippen LogP contribution < -0.4 is 0 Å². The first-order chi connectivity index (χ1) is 19.7. The van der Waals surface area contributed by atoms with E-state index in [1.54, 1.807) is 49.9 Å². The molecule has 0 unspecified atom stereocenters. The number of nitrogens with zero attached hydrogens (tertiary/aromatic N) is 4. The molecule has 3 aromatic rings. The van der Waals surface area contributed by atoms with Gasteiger partial charge >= 0.3 is 12.3 Å². The number of halogens is 4. The summed E-state index contributed by atoms with van der Waals surface area (Å²) in [5.74, 6) is -0.445.